The Labute approximate surface area is 240 Å². The fourth-order valence-corrected chi connectivity index (χ4v) is 6.11. The van der Waals surface area contributed by atoms with Gasteiger partial charge in [0.05, 0.1) is 20.3 Å². The number of aliphatic hydroxyl groups excluding tert-OH is 1. The van der Waals surface area contributed by atoms with Crippen LogP contribution in [0.2, 0.25) is 0 Å². The van der Waals surface area contributed by atoms with Gasteiger partial charge >= 0.3 is 0 Å². The van der Waals surface area contributed by atoms with E-state index in [1.807, 2.05) is 6.07 Å². The molecule has 220 valence electrons. The van der Waals surface area contributed by atoms with Crippen LogP contribution in [0.1, 0.15) is 61.6 Å². The van der Waals surface area contributed by atoms with Crippen molar-refractivity contribution in [2.75, 3.05) is 14.2 Å². The number of ketones is 1. The third-order valence-electron chi connectivity index (χ3n) is 8.43. The number of carbonyl (C=O) groups is 1. The topological polar surface area (TPSA) is 137 Å². The van der Waals surface area contributed by atoms with E-state index >= 15 is 0 Å². The molecule has 8 nitrogen and oxygen atoms in total. The maximum absolute atomic E-state index is 14.2. The van der Waals surface area contributed by atoms with Crippen molar-refractivity contribution in [1.82, 2.24) is 0 Å². The molecule has 5 N–H and O–H groups in total. The third-order valence-corrected chi connectivity index (χ3v) is 8.43. The fraction of sp³-hybridized carbons (Fsp3) is 0.424. The van der Waals surface area contributed by atoms with Crippen molar-refractivity contribution in [2.45, 2.75) is 69.3 Å². The molecule has 0 heterocycles. The van der Waals surface area contributed by atoms with Crippen LogP contribution in [0, 0.1) is 5.92 Å². The number of hydrogen-bond donors (Lipinski definition) is 5. The Balaban J connectivity index is 1.63. The first kappa shape index (κ1) is 30.1. The zero-order chi connectivity index (χ0) is 29.6. The number of methoxy groups -OCH3 is 2. The molecule has 1 saturated carbocycles. The Kier molecular flexibility index (Phi) is 9.65. The minimum atomic E-state index is -0.965. The monoisotopic (exact) mass is 564 g/mol. The Morgan fingerprint density at radius 2 is 1.59 bits per heavy atom. The number of aliphatic hydroxyl groups is 1. The Bertz CT molecular complexity index is 1350. The first-order valence-corrected chi connectivity index (χ1v) is 14.1. The highest BCUT2D eigenvalue weighted by Crippen LogP contribution is 2.48. The Hall–Kier alpha value is -3.91. The smallest absolute Gasteiger partial charge is 0.200 e. The Morgan fingerprint density at radius 3 is 2.27 bits per heavy atom. The number of hydrogen-bond acceptors (Lipinski definition) is 8. The van der Waals surface area contributed by atoms with Gasteiger partial charge in [-0.3, -0.25) is 4.79 Å². The molecule has 2 atom stereocenters. The van der Waals surface area contributed by atoms with Crippen molar-refractivity contribution in [2.24, 2.45) is 5.92 Å². The number of carbonyl (C=O) groups excluding carboxylic acids is 1. The van der Waals surface area contributed by atoms with Crippen molar-refractivity contribution < 1.29 is 39.8 Å². The fourth-order valence-electron chi connectivity index (χ4n) is 6.11. The standard InChI is InChI=1S/C33H40O8/c1-40-30-17-21(10-12-27(30)36)9-11-26(35)25(16-22-7-6-8-24(34)15-22)29(38)20-33(13-4-3-5-14-33)23-18-28(37)32(39)31(19-23)41-2/h6-8,10,12,15,17-19,25-26,34-37,39H,3-5,9,11,13-14,16,20H2,1-2H3. The summed E-state index contributed by atoms with van der Waals surface area (Å²) >= 11 is 0. The average Bonchev–Trinajstić information content (AvgIpc) is 2.97. The number of phenolic OH excluding ortho intramolecular Hbond substituents is 4. The number of ether oxygens (including phenoxy) is 2. The second kappa shape index (κ2) is 13.2. The van der Waals surface area contributed by atoms with Crippen LogP contribution in [0.25, 0.3) is 0 Å². The summed E-state index contributed by atoms with van der Waals surface area (Å²) in [4.78, 5) is 14.2. The van der Waals surface area contributed by atoms with Gasteiger partial charge in [0.25, 0.3) is 0 Å². The molecule has 0 aromatic heterocycles. The molecule has 0 aliphatic heterocycles. The molecule has 41 heavy (non-hydrogen) atoms. The van der Waals surface area contributed by atoms with E-state index in [1.54, 1.807) is 42.5 Å². The predicted molar refractivity (Wildman–Crippen MR) is 155 cm³/mol. The normalized spacial score (nSPS) is 16.1. The molecule has 3 aromatic rings. The van der Waals surface area contributed by atoms with Crippen LogP contribution in [0.15, 0.2) is 54.6 Å². The summed E-state index contributed by atoms with van der Waals surface area (Å²) in [6.07, 6.45) is 4.57. The molecule has 4 rings (SSSR count). The summed E-state index contributed by atoms with van der Waals surface area (Å²) in [7, 11) is 2.89. The van der Waals surface area contributed by atoms with Crippen LogP contribution in [0.5, 0.6) is 34.5 Å². The van der Waals surface area contributed by atoms with Crippen LogP contribution in [0.4, 0.5) is 0 Å². The van der Waals surface area contributed by atoms with Crippen LogP contribution >= 0.6 is 0 Å². The number of aryl methyl sites for hydroxylation is 1. The van der Waals surface area contributed by atoms with Gasteiger partial charge in [-0.1, -0.05) is 37.5 Å². The van der Waals surface area contributed by atoms with Gasteiger partial charge in [0.1, 0.15) is 11.5 Å². The maximum atomic E-state index is 14.2. The number of aromatic hydroxyl groups is 4. The van der Waals surface area contributed by atoms with Crippen molar-refractivity contribution in [1.29, 1.82) is 0 Å². The first-order valence-electron chi connectivity index (χ1n) is 14.1. The van der Waals surface area contributed by atoms with Gasteiger partial charge in [0, 0.05) is 17.8 Å². The van der Waals surface area contributed by atoms with Gasteiger partial charge in [-0.2, -0.15) is 0 Å². The second-order valence-electron chi connectivity index (χ2n) is 11.1. The quantitative estimate of drug-likeness (QED) is 0.181. The lowest BCUT2D eigenvalue weighted by atomic mass is 9.65. The molecule has 2 unspecified atom stereocenters. The van der Waals surface area contributed by atoms with Gasteiger partial charge in [0.2, 0.25) is 5.75 Å². The number of Topliss-reactive ketones (excluding diaryl/α,β-unsaturated/α-hetero) is 1. The first-order chi connectivity index (χ1) is 19.7. The summed E-state index contributed by atoms with van der Waals surface area (Å²) in [5.74, 6) is -0.846. The van der Waals surface area contributed by atoms with E-state index in [2.05, 4.69) is 0 Å². The summed E-state index contributed by atoms with van der Waals surface area (Å²) in [5, 5.41) is 52.1. The molecule has 8 heteroatoms. The zero-order valence-corrected chi connectivity index (χ0v) is 23.7. The molecule has 0 amide bonds. The minimum absolute atomic E-state index is 0.0309. The van der Waals surface area contributed by atoms with Crippen LogP contribution in [0.3, 0.4) is 0 Å². The molecule has 0 saturated heterocycles. The molecular weight excluding hydrogens is 524 g/mol. The van der Waals surface area contributed by atoms with Crippen LogP contribution in [-0.2, 0) is 23.1 Å². The lowest BCUT2D eigenvalue weighted by molar-refractivity contribution is -0.128. The Morgan fingerprint density at radius 1 is 0.854 bits per heavy atom. The number of rotatable bonds is 12. The maximum Gasteiger partial charge on any atom is 0.200 e. The van der Waals surface area contributed by atoms with Gasteiger partial charge in [-0.15, -0.1) is 0 Å². The lowest BCUT2D eigenvalue weighted by Gasteiger charge is -2.39. The van der Waals surface area contributed by atoms with E-state index < -0.39 is 17.4 Å². The number of benzene rings is 3. The molecule has 1 aliphatic rings. The average molecular weight is 565 g/mol. The lowest BCUT2D eigenvalue weighted by Crippen LogP contribution is -2.38. The molecule has 0 bridgehead atoms. The predicted octanol–water partition coefficient (Wildman–Crippen LogP) is 5.54. The van der Waals surface area contributed by atoms with E-state index in [4.69, 9.17) is 9.47 Å². The molecule has 0 spiro atoms. The summed E-state index contributed by atoms with van der Waals surface area (Å²) < 4.78 is 10.5. The molecule has 0 radical (unpaired) electrons. The largest absolute Gasteiger partial charge is 0.508 e. The summed E-state index contributed by atoms with van der Waals surface area (Å²) in [6.45, 7) is 0. The van der Waals surface area contributed by atoms with Gasteiger partial charge in [0.15, 0.2) is 23.0 Å². The van der Waals surface area contributed by atoms with Crippen LogP contribution in [-0.4, -0.2) is 51.6 Å². The van der Waals surface area contributed by atoms with Gasteiger partial charge in [-0.25, -0.2) is 0 Å². The third kappa shape index (κ3) is 7.06. The van der Waals surface area contributed by atoms with E-state index in [0.29, 0.717) is 18.6 Å². The van der Waals surface area contributed by atoms with Crippen molar-refractivity contribution in [3.8, 4) is 34.5 Å². The highest BCUT2D eigenvalue weighted by Gasteiger charge is 2.40. The van der Waals surface area contributed by atoms with E-state index in [-0.39, 0.29) is 47.4 Å². The molecule has 1 aliphatic carbocycles. The minimum Gasteiger partial charge on any atom is -0.508 e. The van der Waals surface area contributed by atoms with Gasteiger partial charge < -0.3 is 35.0 Å². The molecule has 1 fully saturated rings. The van der Waals surface area contributed by atoms with Gasteiger partial charge in [-0.05, 0) is 85.2 Å². The summed E-state index contributed by atoms with van der Waals surface area (Å²) in [6, 6.07) is 15.0. The molecular formula is C33H40O8. The van der Waals surface area contributed by atoms with E-state index in [9.17, 15) is 30.3 Å². The van der Waals surface area contributed by atoms with Crippen molar-refractivity contribution in [3.63, 3.8) is 0 Å². The second-order valence-corrected chi connectivity index (χ2v) is 11.1. The van der Waals surface area contributed by atoms with Crippen molar-refractivity contribution >= 4 is 5.78 Å². The summed E-state index contributed by atoms with van der Waals surface area (Å²) in [5.41, 5.74) is 1.77. The zero-order valence-electron chi connectivity index (χ0n) is 23.7. The number of phenols is 4. The SMILES string of the molecule is COc1cc(CCC(O)C(Cc2cccc(O)c2)C(=O)CC2(c3cc(O)c(O)c(OC)c3)CCCCC2)ccc1O. The van der Waals surface area contributed by atoms with E-state index in [0.717, 1.165) is 48.8 Å². The van der Waals surface area contributed by atoms with E-state index in [1.165, 1.54) is 20.3 Å². The highest BCUT2D eigenvalue weighted by atomic mass is 16.5. The van der Waals surface area contributed by atoms with Crippen LogP contribution < -0.4 is 9.47 Å². The highest BCUT2D eigenvalue weighted by molar-refractivity contribution is 5.83. The molecule has 3 aromatic carbocycles. The van der Waals surface area contributed by atoms with Crippen molar-refractivity contribution in [3.05, 3.63) is 71.3 Å².